The zero-order valence-electron chi connectivity index (χ0n) is 27.0. The molecule has 4 aromatic rings. The van der Waals surface area contributed by atoms with E-state index < -0.39 is 0 Å². The van der Waals surface area contributed by atoms with Crippen LogP contribution in [-0.4, -0.2) is 26.4 Å². The van der Waals surface area contributed by atoms with Crippen molar-refractivity contribution >= 4 is 0 Å². The molecule has 0 unspecified atom stereocenters. The Morgan fingerprint density at radius 1 is 0.318 bits per heavy atom. The summed E-state index contributed by atoms with van der Waals surface area (Å²) < 4.78 is 24.8. The minimum Gasteiger partial charge on any atom is -0.494 e. The molecule has 232 valence electrons. The predicted octanol–water partition coefficient (Wildman–Crippen LogP) is 9.52. The van der Waals surface area contributed by atoms with Crippen LogP contribution in [0.5, 0.6) is 23.0 Å². The SMILES string of the molecule is CCCOc1cc2cc(c1)Cc1cc(cc(OCCC)c1)Cc1cc(cc(OCCC)c1)Cc1cc(cc(OCCC)c1)C2. The molecule has 0 atom stereocenters. The van der Waals surface area contributed by atoms with Crippen LogP contribution in [0.15, 0.2) is 72.8 Å². The maximum Gasteiger partial charge on any atom is 0.119 e. The quantitative estimate of drug-likeness (QED) is 0.145. The summed E-state index contributed by atoms with van der Waals surface area (Å²) in [5.41, 5.74) is 9.96. The van der Waals surface area contributed by atoms with E-state index in [9.17, 15) is 0 Å². The van der Waals surface area contributed by atoms with E-state index in [0.29, 0.717) is 26.4 Å². The van der Waals surface area contributed by atoms with Gasteiger partial charge in [0.2, 0.25) is 0 Å². The van der Waals surface area contributed by atoms with Crippen molar-refractivity contribution in [3.05, 3.63) is 117 Å². The summed E-state index contributed by atoms with van der Waals surface area (Å²) in [6, 6.07) is 27.0. The van der Waals surface area contributed by atoms with Crippen LogP contribution in [0.1, 0.15) is 97.9 Å². The van der Waals surface area contributed by atoms with Crippen LogP contribution in [0, 0.1) is 0 Å². The third-order valence-electron chi connectivity index (χ3n) is 7.63. The van der Waals surface area contributed by atoms with Gasteiger partial charge in [0.05, 0.1) is 26.4 Å². The maximum absolute atomic E-state index is 6.19. The van der Waals surface area contributed by atoms with Gasteiger partial charge in [-0.15, -0.1) is 0 Å². The highest BCUT2D eigenvalue weighted by Gasteiger charge is 2.13. The minimum absolute atomic E-state index is 0.708. The molecule has 0 saturated carbocycles. The molecule has 0 spiro atoms. The Morgan fingerprint density at radius 2 is 0.500 bits per heavy atom. The number of fused-ring (bicyclic) bond motifs is 8. The Bertz CT molecular complexity index is 1210. The molecule has 0 aliphatic heterocycles. The Hall–Kier alpha value is -3.92. The van der Waals surface area contributed by atoms with Crippen molar-refractivity contribution in [3.8, 4) is 23.0 Å². The smallest absolute Gasteiger partial charge is 0.119 e. The first kappa shape index (κ1) is 31.5. The topological polar surface area (TPSA) is 36.9 Å². The molecule has 4 aromatic carbocycles. The van der Waals surface area contributed by atoms with Crippen molar-refractivity contribution < 1.29 is 18.9 Å². The normalized spacial score (nSPS) is 12.5. The van der Waals surface area contributed by atoms with Crippen LogP contribution in [0.25, 0.3) is 0 Å². The lowest BCUT2D eigenvalue weighted by Gasteiger charge is -2.17. The molecule has 0 fully saturated rings. The molecule has 0 heterocycles. The molecule has 8 bridgehead atoms. The fourth-order valence-corrected chi connectivity index (χ4v) is 5.89. The van der Waals surface area contributed by atoms with Gasteiger partial charge >= 0.3 is 0 Å². The van der Waals surface area contributed by atoms with Gasteiger partial charge in [0.15, 0.2) is 0 Å². The summed E-state index contributed by atoms with van der Waals surface area (Å²) in [4.78, 5) is 0. The molecule has 1 aliphatic rings. The monoisotopic (exact) mass is 592 g/mol. The van der Waals surface area contributed by atoms with Crippen LogP contribution in [0.3, 0.4) is 0 Å². The highest BCUT2D eigenvalue weighted by molar-refractivity contribution is 5.47. The molecule has 0 N–H and O–H groups in total. The standard InChI is InChI=1S/C40H48O4/c1-5-9-41-37-21-29-13-30(22-37)18-32-15-34(26-39(24-32)43-11-7-3)20-36-16-35(27-40(28-36)44-12-8-4)19-33-14-31(17-29)23-38(25-33)42-10-6-2/h13-16,21-28H,5-12,17-20H2,1-4H3. The number of ether oxygens (including phenoxy) is 4. The number of hydrogen-bond acceptors (Lipinski definition) is 4. The summed E-state index contributed by atoms with van der Waals surface area (Å²) in [6.45, 7) is 11.4. The van der Waals surface area contributed by atoms with Gasteiger partial charge in [0.25, 0.3) is 0 Å². The van der Waals surface area contributed by atoms with Gasteiger partial charge < -0.3 is 18.9 Å². The Balaban J connectivity index is 1.63. The van der Waals surface area contributed by atoms with Crippen LogP contribution < -0.4 is 18.9 Å². The van der Waals surface area contributed by atoms with Gasteiger partial charge in [-0.2, -0.15) is 0 Å². The van der Waals surface area contributed by atoms with Gasteiger partial charge in [0, 0.05) is 0 Å². The zero-order valence-corrected chi connectivity index (χ0v) is 27.0. The van der Waals surface area contributed by atoms with E-state index in [1.165, 1.54) is 44.5 Å². The molecule has 0 radical (unpaired) electrons. The fourth-order valence-electron chi connectivity index (χ4n) is 5.89. The van der Waals surface area contributed by atoms with Gasteiger partial charge in [-0.3, -0.25) is 0 Å². The lowest BCUT2D eigenvalue weighted by Crippen LogP contribution is -2.03. The van der Waals surface area contributed by atoms with Crippen molar-refractivity contribution in [2.45, 2.75) is 79.1 Å². The Labute approximate surface area is 264 Å². The molecule has 4 nitrogen and oxygen atoms in total. The second kappa shape index (κ2) is 15.7. The summed E-state index contributed by atoms with van der Waals surface area (Å²) in [5, 5.41) is 0. The first-order valence-corrected chi connectivity index (χ1v) is 16.6. The molecule has 4 heteroatoms. The average Bonchev–Trinajstić information content (AvgIpc) is 3.00. The van der Waals surface area contributed by atoms with Gasteiger partial charge in [-0.1, -0.05) is 52.0 Å². The Morgan fingerprint density at radius 3 is 0.659 bits per heavy atom. The number of rotatable bonds is 12. The van der Waals surface area contributed by atoms with Gasteiger partial charge in [0.1, 0.15) is 23.0 Å². The molecule has 44 heavy (non-hydrogen) atoms. The van der Waals surface area contributed by atoms with E-state index in [2.05, 4.69) is 100 Å². The van der Waals surface area contributed by atoms with Crippen molar-refractivity contribution in [1.29, 1.82) is 0 Å². The summed E-state index contributed by atoms with van der Waals surface area (Å²) in [6.07, 6.45) is 7.14. The van der Waals surface area contributed by atoms with E-state index in [-0.39, 0.29) is 0 Å². The third-order valence-corrected chi connectivity index (χ3v) is 7.63. The highest BCUT2D eigenvalue weighted by Crippen LogP contribution is 2.30. The second-order valence-electron chi connectivity index (χ2n) is 12.0. The van der Waals surface area contributed by atoms with Gasteiger partial charge in [-0.25, -0.2) is 0 Å². The molecule has 1 aliphatic carbocycles. The molecule has 0 amide bonds. The largest absolute Gasteiger partial charge is 0.494 e. The third kappa shape index (κ3) is 9.05. The maximum atomic E-state index is 6.19. The van der Waals surface area contributed by atoms with Crippen molar-refractivity contribution in [1.82, 2.24) is 0 Å². The van der Waals surface area contributed by atoms with E-state index in [1.807, 2.05) is 0 Å². The minimum atomic E-state index is 0.708. The zero-order chi connectivity index (χ0) is 30.7. The van der Waals surface area contributed by atoms with E-state index in [1.54, 1.807) is 0 Å². The molecular weight excluding hydrogens is 544 g/mol. The first-order chi connectivity index (χ1) is 21.5. The van der Waals surface area contributed by atoms with Gasteiger partial charge in [-0.05, 0) is 144 Å². The first-order valence-electron chi connectivity index (χ1n) is 16.6. The number of hydrogen-bond donors (Lipinski definition) is 0. The second-order valence-corrected chi connectivity index (χ2v) is 12.0. The highest BCUT2D eigenvalue weighted by atomic mass is 16.5. The van der Waals surface area contributed by atoms with E-state index in [0.717, 1.165) is 74.4 Å². The van der Waals surface area contributed by atoms with Crippen molar-refractivity contribution in [2.24, 2.45) is 0 Å². The summed E-state index contributed by atoms with van der Waals surface area (Å²) >= 11 is 0. The molecule has 0 saturated heterocycles. The molecule has 5 rings (SSSR count). The van der Waals surface area contributed by atoms with Crippen LogP contribution in [0.4, 0.5) is 0 Å². The lowest BCUT2D eigenvalue weighted by atomic mass is 9.93. The molecular formula is C40H48O4. The summed E-state index contributed by atoms with van der Waals surface area (Å²) in [7, 11) is 0. The fraction of sp³-hybridized carbons (Fsp3) is 0.400. The Kier molecular flexibility index (Phi) is 11.2. The van der Waals surface area contributed by atoms with Crippen LogP contribution >= 0.6 is 0 Å². The number of benzene rings is 4. The lowest BCUT2D eigenvalue weighted by molar-refractivity contribution is 0.316. The van der Waals surface area contributed by atoms with Crippen LogP contribution in [-0.2, 0) is 25.7 Å². The van der Waals surface area contributed by atoms with Crippen LogP contribution in [0.2, 0.25) is 0 Å². The predicted molar refractivity (Wildman–Crippen MR) is 180 cm³/mol. The summed E-state index contributed by atoms with van der Waals surface area (Å²) in [5.74, 6) is 3.75. The van der Waals surface area contributed by atoms with Crippen molar-refractivity contribution in [2.75, 3.05) is 26.4 Å². The van der Waals surface area contributed by atoms with Crippen molar-refractivity contribution in [3.63, 3.8) is 0 Å². The average molecular weight is 593 g/mol. The van der Waals surface area contributed by atoms with E-state index >= 15 is 0 Å². The van der Waals surface area contributed by atoms with E-state index in [4.69, 9.17) is 18.9 Å². The molecule has 0 aromatic heterocycles.